The second kappa shape index (κ2) is 6.74. The van der Waals surface area contributed by atoms with Crippen LogP contribution in [0.25, 0.3) is 11.5 Å². The Morgan fingerprint density at radius 2 is 2.15 bits per heavy atom. The molecule has 20 heavy (non-hydrogen) atoms. The van der Waals surface area contributed by atoms with E-state index in [2.05, 4.69) is 10.1 Å². The summed E-state index contributed by atoms with van der Waals surface area (Å²) in [6.45, 7) is 0. The second-order valence-corrected chi connectivity index (χ2v) is 5.45. The largest absolute Gasteiger partial charge is 0.480 e. The molecule has 0 unspecified atom stereocenters. The maximum Gasteiger partial charge on any atom is 0.321 e. The summed E-state index contributed by atoms with van der Waals surface area (Å²) in [5.74, 6) is 0.614. The van der Waals surface area contributed by atoms with Gasteiger partial charge in [-0.3, -0.25) is 4.79 Å². The Morgan fingerprint density at radius 3 is 2.80 bits per heavy atom. The number of hydrogen-bond donors (Lipinski definition) is 2. The van der Waals surface area contributed by atoms with Crippen LogP contribution in [0, 0.1) is 0 Å². The standard InChI is InChI=1S/C12H12ClN3O3S/c13-8-3-1-7(2-4-8)11-15-10(16-19-11)6-20-5-9(14)12(17)18/h1-4,9H,5-6,14H2,(H,17,18)/t9-/m0/s1. The number of benzene rings is 1. The maximum atomic E-state index is 10.6. The molecule has 106 valence electrons. The Morgan fingerprint density at radius 1 is 1.45 bits per heavy atom. The van der Waals surface area contributed by atoms with E-state index in [1.165, 1.54) is 11.8 Å². The Hall–Kier alpha value is -1.57. The van der Waals surface area contributed by atoms with Gasteiger partial charge in [-0.25, -0.2) is 0 Å². The molecule has 8 heteroatoms. The molecule has 3 N–H and O–H groups in total. The molecule has 1 heterocycles. The van der Waals surface area contributed by atoms with E-state index >= 15 is 0 Å². The number of rotatable bonds is 6. The van der Waals surface area contributed by atoms with Crippen LogP contribution in [0.1, 0.15) is 5.82 Å². The van der Waals surface area contributed by atoms with E-state index in [9.17, 15) is 4.79 Å². The van der Waals surface area contributed by atoms with Gasteiger partial charge in [0.25, 0.3) is 5.89 Å². The molecule has 2 aromatic rings. The summed E-state index contributed by atoms with van der Waals surface area (Å²) in [7, 11) is 0. The van der Waals surface area contributed by atoms with Gasteiger partial charge in [0.15, 0.2) is 5.82 Å². The van der Waals surface area contributed by atoms with Gasteiger partial charge in [-0.05, 0) is 24.3 Å². The molecule has 0 aliphatic carbocycles. The Labute approximate surface area is 124 Å². The summed E-state index contributed by atoms with van der Waals surface area (Å²) in [4.78, 5) is 14.8. The minimum absolute atomic E-state index is 0.292. The Balaban J connectivity index is 1.92. The van der Waals surface area contributed by atoms with E-state index < -0.39 is 12.0 Å². The normalized spacial score (nSPS) is 12.3. The molecule has 0 spiro atoms. The van der Waals surface area contributed by atoms with Gasteiger partial charge in [-0.2, -0.15) is 16.7 Å². The molecule has 0 bridgehead atoms. The zero-order chi connectivity index (χ0) is 14.5. The van der Waals surface area contributed by atoms with Crippen molar-refractivity contribution in [2.75, 3.05) is 5.75 Å². The first kappa shape index (κ1) is 14.8. The summed E-state index contributed by atoms with van der Waals surface area (Å²) in [6.07, 6.45) is 0. The van der Waals surface area contributed by atoms with Gasteiger partial charge in [0.05, 0.1) is 5.75 Å². The van der Waals surface area contributed by atoms with Gasteiger partial charge in [-0.15, -0.1) is 0 Å². The fraction of sp³-hybridized carbons (Fsp3) is 0.250. The molecule has 1 aromatic heterocycles. The SMILES string of the molecule is N[C@@H](CSCc1noc(-c2ccc(Cl)cc2)n1)C(=O)O. The zero-order valence-electron chi connectivity index (χ0n) is 10.3. The van der Waals surface area contributed by atoms with Gasteiger partial charge in [0.2, 0.25) is 0 Å². The van der Waals surface area contributed by atoms with Gasteiger partial charge >= 0.3 is 5.97 Å². The third-order valence-electron chi connectivity index (χ3n) is 2.41. The second-order valence-electron chi connectivity index (χ2n) is 3.98. The van der Waals surface area contributed by atoms with Crippen LogP contribution in [0.15, 0.2) is 28.8 Å². The smallest absolute Gasteiger partial charge is 0.321 e. The Bertz CT molecular complexity index is 588. The Kier molecular flexibility index (Phi) is 4.99. The third-order valence-corrected chi connectivity index (χ3v) is 3.71. The van der Waals surface area contributed by atoms with Crippen molar-refractivity contribution < 1.29 is 14.4 Å². The highest BCUT2D eigenvalue weighted by atomic mass is 35.5. The first-order valence-corrected chi connectivity index (χ1v) is 7.24. The zero-order valence-corrected chi connectivity index (χ0v) is 11.9. The van der Waals surface area contributed by atoms with Crippen LogP contribution in [0.4, 0.5) is 0 Å². The quantitative estimate of drug-likeness (QED) is 0.841. The van der Waals surface area contributed by atoms with Crippen LogP contribution in [-0.2, 0) is 10.5 Å². The number of aliphatic carboxylic acids is 1. The molecule has 0 aliphatic heterocycles. The van der Waals surface area contributed by atoms with E-state index in [1.807, 2.05) is 0 Å². The number of carboxylic acid groups (broad SMARTS) is 1. The molecule has 2 rings (SSSR count). The highest BCUT2D eigenvalue weighted by molar-refractivity contribution is 7.98. The highest BCUT2D eigenvalue weighted by Crippen LogP contribution is 2.20. The monoisotopic (exact) mass is 313 g/mol. The molecular formula is C12H12ClN3O3S. The number of nitrogens with zero attached hydrogens (tertiary/aromatic N) is 2. The number of thioether (sulfide) groups is 1. The average molecular weight is 314 g/mol. The molecule has 0 saturated heterocycles. The minimum atomic E-state index is -1.02. The molecular weight excluding hydrogens is 302 g/mol. The van der Waals surface area contributed by atoms with Crippen molar-refractivity contribution in [3.05, 3.63) is 35.1 Å². The molecule has 0 radical (unpaired) electrons. The molecule has 1 aromatic carbocycles. The van der Waals surface area contributed by atoms with Crippen LogP contribution >= 0.6 is 23.4 Å². The van der Waals surface area contributed by atoms with Gasteiger partial charge < -0.3 is 15.4 Å². The number of carboxylic acids is 1. The highest BCUT2D eigenvalue weighted by Gasteiger charge is 2.13. The molecule has 0 fully saturated rings. The van der Waals surface area contributed by atoms with Gasteiger partial charge in [-0.1, -0.05) is 16.8 Å². The number of hydrogen-bond acceptors (Lipinski definition) is 6. The molecule has 1 atom stereocenters. The third kappa shape index (κ3) is 3.96. The van der Waals surface area contributed by atoms with Crippen LogP contribution < -0.4 is 5.73 Å². The maximum absolute atomic E-state index is 10.6. The number of aromatic nitrogens is 2. The van der Waals surface area contributed by atoms with Crippen molar-refractivity contribution in [1.82, 2.24) is 10.1 Å². The van der Waals surface area contributed by atoms with Gasteiger partial charge in [0, 0.05) is 16.3 Å². The predicted molar refractivity (Wildman–Crippen MR) is 76.5 cm³/mol. The fourth-order valence-corrected chi connectivity index (χ4v) is 2.31. The van der Waals surface area contributed by atoms with Crippen molar-refractivity contribution in [2.45, 2.75) is 11.8 Å². The first-order chi connectivity index (χ1) is 9.56. The number of carbonyl (C=O) groups is 1. The predicted octanol–water partition coefficient (Wildman–Crippen LogP) is 2.04. The lowest BCUT2D eigenvalue weighted by molar-refractivity contribution is -0.137. The summed E-state index contributed by atoms with van der Waals surface area (Å²) < 4.78 is 5.13. The van der Waals surface area contributed by atoms with Crippen LogP contribution in [0.5, 0.6) is 0 Å². The van der Waals surface area contributed by atoms with Crippen molar-refractivity contribution >= 4 is 29.3 Å². The lowest BCUT2D eigenvalue weighted by atomic mass is 10.2. The average Bonchev–Trinajstić information content (AvgIpc) is 2.88. The van der Waals surface area contributed by atoms with Crippen molar-refractivity contribution in [3.63, 3.8) is 0 Å². The summed E-state index contributed by atoms with van der Waals surface area (Å²) >= 11 is 7.14. The van der Waals surface area contributed by atoms with Crippen LogP contribution in [0.3, 0.4) is 0 Å². The fourth-order valence-electron chi connectivity index (χ4n) is 1.37. The lowest BCUT2D eigenvalue weighted by Gasteiger charge is -2.03. The van der Waals surface area contributed by atoms with Crippen LogP contribution in [-0.4, -0.2) is 33.0 Å². The lowest BCUT2D eigenvalue weighted by Crippen LogP contribution is -2.32. The van der Waals surface area contributed by atoms with E-state index in [0.717, 1.165) is 5.56 Å². The summed E-state index contributed by atoms with van der Waals surface area (Å²) in [5.41, 5.74) is 6.17. The van der Waals surface area contributed by atoms with Crippen molar-refractivity contribution in [3.8, 4) is 11.5 Å². The summed E-state index contributed by atoms with van der Waals surface area (Å²) in [6, 6.07) is 6.16. The topological polar surface area (TPSA) is 102 Å². The minimum Gasteiger partial charge on any atom is -0.480 e. The van der Waals surface area contributed by atoms with Crippen molar-refractivity contribution in [2.24, 2.45) is 5.73 Å². The molecule has 0 saturated carbocycles. The van der Waals surface area contributed by atoms with Crippen molar-refractivity contribution in [1.29, 1.82) is 0 Å². The van der Waals surface area contributed by atoms with E-state index in [0.29, 0.717) is 28.2 Å². The van der Waals surface area contributed by atoms with E-state index in [1.54, 1.807) is 24.3 Å². The first-order valence-electron chi connectivity index (χ1n) is 5.71. The summed E-state index contributed by atoms with van der Waals surface area (Å²) in [5, 5.41) is 13.1. The molecule has 0 aliphatic rings. The van der Waals surface area contributed by atoms with E-state index in [4.69, 9.17) is 27.0 Å². The molecule has 6 nitrogen and oxygen atoms in total. The molecule has 0 amide bonds. The number of halogens is 1. The number of nitrogens with two attached hydrogens (primary N) is 1. The van der Waals surface area contributed by atoms with Gasteiger partial charge in [0.1, 0.15) is 6.04 Å². The van der Waals surface area contributed by atoms with E-state index in [-0.39, 0.29) is 0 Å². The van der Waals surface area contributed by atoms with Crippen LogP contribution in [0.2, 0.25) is 5.02 Å².